The average Bonchev–Trinajstić information content (AvgIpc) is 2.64. The number of anilines is 1. The van der Waals surface area contributed by atoms with Crippen molar-refractivity contribution < 1.29 is 4.79 Å². The normalized spacial score (nSPS) is 10.3. The summed E-state index contributed by atoms with van der Waals surface area (Å²) in [5.74, 6) is 0. The van der Waals surface area contributed by atoms with Gasteiger partial charge >= 0.3 is 6.03 Å². The first-order valence-electron chi connectivity index (χ1n) is 7.98. The van der Waals surface area contributed by atoms with Gasteiger partial charge in [0.2, 0.25) is 0 Å². The van der Waals surface area contributed by atoms with Crippen LogP contribution in [0.3, 0.4) is 0 Å². The van der Waals surface area contributed by atoms with E-state index in [1.165, 1.54) is 4.57 Å². The summed E-state index contributed by atoms with van der Waals surface area (Å²) in [6.45, 7) is 0.470. The van der Waals surface area contributed by atoms with E-state index in [2.05, 4.69) is 10.6 Å². The summed E-state index contributed by atoms with van der Waals surface area (Å²) in [5.41, 5.74) is 3.45. The predicted octanol–water partition coefficient (Wildman–Crippen LogP) is 3.37. The molecule has 0 saturated heterocycles. The van der Waals surface area contributed by atoms with Gasteiger partial charge in [-0.25, -0.2) is 4.79 Å². The first-order chi connectivity index (χ1) is 12.1. The van der Waals surface area contributed by atoms with Crippen LogP contribution < -0.4 is 16.2 Å². The standard InChI is InChI=1S/C20H19N3O2/c1-23-12-11-17(13-19(23)24)16-7-9-18(10-8-16)22-20(25)21-14-15-5-3-2-4-6-15/h2-13H,14H2,1H3,(H2,21,22,25). The van der Waals surface area contributed by atoms with E-state index in [0.29, 0.717) is 12.2 Å². The van der Waals surface area contributed by atoms with Crippen molar-refractivity contribution in [1.82, 2.24) is 9.88 Å². The third-order valence-corrected chi connectivity index (χ3v) is 3.88. The highest BCUT2D eigenvalue weighted by Gasteiger charge is 2.03. The van der Waals surface area contributed by atoms with E-state index in [-0.39, 0.29) is 11.6 Å². The smallest absolute Gasteiger partial charge is 0.319 e. The lowest BCUT2D eigenvalue weighted by molar-refractivity contribution is 0.251. The molecule has 1 aromatic heterocycles. The molecule has 0 unspecified atom stereocenters. The van der Waals surface area contributed by atoms with Crippen LogP contribution >= 0.6 is 0 Å². The Bertz CT molecular complexity index is 916. The van der Waals surface area contributed by atoms with Gasteiger partial charge in [-0.1, -0.05) is 42.5 Å². The summed E-state index contributed by atoms with van der Waals surface area (Å²) in [4.78, 5) is 23.7. The molecular formula is C20H19N3O2. The molecule has 1 heterocycles. The van der Waals surface area contributed by atoms with Gasteiger partial charge in [-0.05, 0) is 34.9 Å². The number of nitrogens with one attached hydrogen (secondary N) is 2. The molecule has 126 valence electrons. The number of carbonyl (C=O) groups excluding carboxylic acids is 1. The zero-order valence-corrected chi connectivity index (χ0v) is 13.9. The highest BCUT2D eigenvalue weighted by Crippen LogP contribution is 2.19. The highest BCUT2D eigenvalue weighted by atomic mass is 16.2. The van der Waals surface area contributed by atoms with E-state index >= 15 is 0 Å². The van der Waals surface area contributed by atoms with Crippen molar-refractivity contribution in [3.63, 3.8) is 0 Å². The molecule has 0 saturated carbocycles. The first-order valence-corrected chi connectivity index (χ1v) is 7.98. The lowest BCUT2D eigenvalue weighted by Gasteiger charge is -2.09. The maximum atomic E-state index is 12.0. The highest BCUT2D eigenvalue weighted by molar-refractivity contribution is 5.89. The van der Waals surface area contributed by atoms with E-state index < -0.39 is 0 Å². The van der Waals surface area contributed by atoms with Crippen LogP contribution in [0.2, 0.25) is 0 Å². The van der Waals surface area contributed by atoms with Gasteiger partial charge in [-0.3, -0.25) is 4.79 Å². The van der Waals surface area contributed by atoms with Crippen LogP contribution in [0.25, 0.3) is 11.1 Å². The molecule has 2 amide bonds. The second-order valence-electron chi connectivity index (χ2n) is 5.74. The third-order valence-electron chi connectivity index (χ3n) is 3.88. The van der Waals surface area contributed by atoms with Gasteiger partial charge in [-0.2, -0.15) is 0 Å². The van der Waals surface area contributed by atoms with Crippen LogP contribution in [0.15, 0.2) is 77.7 Å². The van der Waals surface area contributed by atoms with Crippen molar-refractivity contribution in [1.29, 1.82) is 0 Å². The van der Waals surface area contributed by atoms with Crippen LogP contribution in [0.4, 0.5) is 10.5 Å². The molecule has 25 heavy (non-hydrogen) atoms. The molecule has 0 aliphatic carbocycles. The van der Waals surface area contributed by atoms with Gasteiger partial charge in [0.05, 0.1) is 0 Å². The Morgan fingerprint density at radius 1 is 0.960 bits per heavy atom. The molecule has 0 spiro atoms. The number of hydrogen-bond acceptors (Lipinski definition) is 2. The van der Waals surface area contributed by atoms with E-state index in [9.17, 15) is 9.59 Å². The Labute approximate surface area is 145 Å². The van der Waals surface area contributed by atoms with Crippen molar-refractivity contribution in [2.45, 2.75) is 6.54 Å². The van der Waals surface area contributed by atoms with Crippen molar-refractivity contribution >= 4 is 11.7 Å². The number of pyridine rings is 1. The van der Waals surface area contributed by atoms with E-state index in [1.54, 1.807) is 19.3 Å². The number of benzene rings is 2. The molecule has 0 aliphatic rings. The monoisotopic (exact) mass is 333 g/mol. The molecular weight excluding hydrogens is 314 g/mol. The molecule has 0 atom stereocenters. The maximum Gasteiger partial charge on any atom is 0.319 e. The molecule has 0 aliphatic heterocycles. The number of amides is 2. The molecule has 0 bridgehead atoms. The summed E-state index contributed by atoms with van der Waals surface area (Å²) in [6.07, 6.45) is 1.74. The molecule has 0 radical (unpaired) electrons. The SMILES string of the molecule is Cn1ccc(-c2ccc(NC(=O)NCc3ccccc3)cc2)cc1=O. The Hall–Kier alpha value is -3.34. The lowest BCUT2D eigenvalue weighted by Crippen LogP contribution is -2.28. The molecule has 3 rings (SSSR count). The number of urea groups is 1. The summed E-state index contributed by atoms with van der Waals surface area (Å²) >= 11 is 0. The van der Waals surface area contributed by atoms with Gasteiger partial charge in [0, 0.05) is 31.5 Å². The van der Waals surface area contributed by atoms with Gasteiger partial charge in [-0.15, -0.1) is 0 Å². The van der Waals surface area contributed by atoms with Crippen LogP contribution in [0.1, 0.15) is 5.56 Å². The minimum Gasteiger partial charge on any atom is -0.334 e. The largest absolute Gasteiger partial charge is 0.334 e. The average molecular weight is 333 g/mol. The van der Waals surface area contributed by atoms with Crippen LogP contribution in [-0.4, -0.2) is 10.6 Å². The number of nitrogens with zero attached hydrogens (tertiary/aromatic N) is 1. The van der Waals surface area contributed by atoms with Gasteiger partial charge in [0.15, 0.2) is 0 Å². The number of rotatable bonds is 4. The number of carbonyl (C=O) groups is 1. The number of hydrogen-bond donors (Lipinski definition) is 2. The second kappa shape index (κ2) is 7.49. The third kappa shape index (κ3) is 4.35. The summed E-state index contributed by atoms with van der Waals surface area (Å²) in [6, 6.07) is 20.3. The minimum absolute atomic E-state index is 0.0556. The van der Waals surface area contributed by atoms with Crippen molar-refractivity contribution in [2.75, 3.05) is 5.32 Å². The van der Waals surface area contributed by atoms with Gasteiger partial charge < -0.3 is 15.2 Å². The van der Waals surface area contributed by atoms with E-state index in [4.69, 9.17) is 0 Å². The summed E-state index contributed by atoms with van der Waals surface area (Å²) in [7, 11) is 1.72. The molecule has 3 aromatic rings. The van der Waals surface area contributed by atoms with E-state index in [0.717, 1.165) is 16.7 Å². The predicted molar refractivity (Wildman–Crippen MR) is 99.4 cm³/mol. The van der Waals surface area contributed by atoms with Gasteiger partial charge in [0.25, 0.3) is 5.56 Å². The molecule has 2 aromatic carbocycles. The number of aromatic nitrogens is 1. The fraction of sp³-hybridized carbons (Fsp3) is 0.100. The van der Waals surface area contributed by atoms with Gasteiger partial charge in [0.1, 0.15) is 0 Å². The number of aryl methyl sites for hydroxylation is 1. The molecule has 5 heteroatoms. The van der Waals surface area contributed by atoms with Crippen LogP contribution in [-0.2, 0) is 13.6 Å². The molecule has 0 fully saturated rings. The Kier molecular flexibility index (Phi) is 4.95. The molecule has 2 N–H and O–H groups in total. The minimum atomic E-state index is -0.259. The Morgan fingerprint density at radius 2 is 1.68 bits per heavy atom. The first kappa shape index (κ1) is 16.5. The maximum absolute atomic E-state index is 12.0. The Balaban J connectivity index is 1.61. The van der Waals surface area contributed by atoms with Crippen molar-refractivity contribution in [2.24, 2.45) is 7.05 Å². The van der Waals surface area contributed by atoms with Crippen molar-refractivity contribution in [3.05, 3.63) is 88.8 Å². The lowest BCUT2D eigenvalue weighted by atomic mass is 10.1. The summed E-state index contributed by atoms with van der Waals surface area (Å²) in [5, 5.41) is 5.61. The van der Waals surface area contributed by atoms with Crippen molar-refractivity contribution in [3.8, 4) is 11.1 Å². The van der Waals surface area contributed by atoms with Crippen LogP contribution in [0, 0.1) is 0 Å². The van der Waals surface area contributed by atoms with E-state index in [1.807, 2.05) is 60.7 Å². The Morgan fingerprint density at radius 3 is 2.36 bits per heavy atom. The zero-order chi connectivity index (χ0) is 17.6. The topological polar surface area (TPSA) is 63.1 Å². The quantitative estimate of drug-likeness (QED) is 0.769. The summed E-state index contributed by atoms with van der Waals surface area (Å²) < 4.78 is 1.52. The second-order valence-corrected chi connectivity index (χ2v) is 5.74. The molecule has 5 nitrogen and oxygen atoms in total. The fourth-order valence-corrected chi connectivity index (χ4v) is 2.43. The zero-order valence-electron chi connectivity index (χ0n) is 13.9. The van der Waals surface area contributed by atoms with Crippen LogP contribution in [0.5, 0.6) is 0 Å². The fourth-order valence-electron chi connectivity index (χ4n) is 2.43.